The van der Waals surface area contributed by atoms with Gasteiger partial charge in [0.05, 0.1) is 18.1 Å². The molecular weight excluding hydrogens is 633 g/mol. The number of hydrogen-bond acceptors (Lipinski definition) is 5. The fraction of sp³-hybridized carbons (Fsp3) is 0.300. The highest BCUT2D eigenvalue weighted by atomic mass is 19.1. The van der Waals surface area contributed by atoms with E-state index in [9.17, 15) is 18.8 Å². The van der Waals surface area contributed by atoms with Crippen molar-refractivity contribution in [1.82, 2.24) is 25.1 Å². The molecule has 0 bridgehead atoms. The number of piperazine rings is 1. The van der Waals surface area contributed by atoms with Gasteiger partial charge in [-0.3, -0.25) is 9.59 Å². The molecule has 0 radical (unpaired) electrons. The minimum atomic E-state index is -1.08. The summed E-state index contributed by atoms with van der Waals surface area (Å²) >= 11 is 0. The molecule has 3 amide bonds. The Bertz CT molecular complexity index is 1950. The summed E-state index contributed by atoms with van der Waals surface area (Å²) in [6.45, 7) is 6.04. The number of amides is 3. The first kappa shape index (κ1) is 34.4. The summed E-state index contributed by atoms with van der Waals surface area (Å²) in [5.74, 6) is -1.15. The fourth-order valence-corrected chi connectivity index (χ4v) is 6.36. The number of rotatable bonds is 10. The lowest BCUT2D eigenvalue weighted by Crippen LogP contribution is -2.65. The number of nitrogens with zero attached hydrogens (tertiary/aromatic N) is 3. The molecule has 10 heteroatoms. The van der Waals surface area contributed by atoms with Crippen molar-refractivity contribution in [2.75, 3.05) is 6.54 Å². The topological polar surface area (TPSA) is 106 Å². The summed E-state index contributed by atoms with van der Waals surface area (Å²) < 4.78 is 21.3. The van der Waals surface area contributed by atoms with Gasteiger partial charge in [-0.1, -0.05) is 84.9 Å². The number of imidazole rings is 1. The zero-order valence-corrected chi connectivity index (χ0v) is 28.5. The predicted molar refractivity (Wildman–Crippen MR) is 190 cm³/mol. The molecule has 3 atom stereocenters. The van der Waals surface area contributed by atoms with Crippen LogP contribution in [0.1, 0.15) is 43.2 Å². The Morgan fingerprint density at radius 2 is 1.62 bits per heavy atom. The second-order valence-corrected chi connectivity index (χ2v) is 13.9. The SMILES string of the molecule is CC(C)(C)OC(=O)NC(Cc1ccc(F)cc1)C(=O)N1CC(Cc2ccc3ccccc3c2)NC(=O)C1Cc1cn(Cc2ccccc2)cn1. The van der Waals surface area contributed by atoms with Gasteiger partial charge in [0.1, 0.15) is 23.5 Å². The summed E-state index contributed by atoms with van der Waals surface area (Å²) in [6.07, 6.45) is 3.60. The largest absolute Gasteiger partial charge is 0.444 e. The number of carbonyl (C=O) groups is 3. The lowest BCUT2D eigenvalue weighted by molar-refractivity contribution is -0.146. The second-order valence-electron chi connectivity index (χ2n) is 13.9. The van der Waals surface area contributed by atoms with E-state index in [4.69, 9.17) is 4.74 Å². The van der Waals surface area contributed by atoms with Gasteiger partial charge >= 0.3 is 6.09 Å². The summed E-state index contributed by atoms with van der Waals surface area (Å²) in [7, 11) is 0. The first-order valence-corrected chi connectivity index (χ1v) is 16.9. The predicted octanol–water partition coefficient (Wildman–Crippen LogP) is 5.84. The molecule has 2 N–H and O–H groups in total. The minimum Gasteiger partial charge on any atom is -0.444 e. The molecule has 1 aromatic heterocycles. The molecule has 258 valence electrons. The van der Waals surface area contributed by atoms with E-state index >= 15 is 0 Å². The molecule has 1 saturated heterocycles. The molecular formula is C40H42FN5O4. The Kier molecular flexibility index (Phi) is 10.3. The van der Waals surface area contributed by atoms with Gasteiger partial charge in [0.2, 0.25) is 11.8 Å². The van der Waals surface area contributed by atoms with Gasteiger partial charge in [-0.15, -0.1) is 0 Å². The van der Waals surface area contributed by atoms with Crippen LogP contribution in [0.4, 0.5) is 9.18 Å². The summed E-state index contributed by atoms with van der Waals surface area (Å²) in [5.41, 5.74) is 2.63. The number of hydrogen-bond donors (Lipinski definition) is 2. The van der Waals surface area contributed by atoms with Crippen molar-refractivity contribution in [3.05, 3.63) is 138 Å². The van der Waals surface area contributed by atoms with E-state index in [2.05, 4.69) is 27.8 Å². The summed E-state index contributed by atoms with van der Waals surface area (Å²) in [6, 6.07) is 27.7. The third-order valence-electron chi connectivity index (χ3n) is 8.66. The number of alkyl carbamates (subject to hydrolysis) is 1. The molecule has 5 aromatic rings. The van der Waals surface area contributed by atoms with Crippen molar-refractivity contribution in [3.63, 3.8) is 0 Å². The molecule has 3 unspecified atom stereocenters. The minimum absolute atomic E-state index is 0.0736. The molecule has 1 fully saturated rings. The molecule has 2 heterocycles. The van der Waals surface area contributed by atoms with Crippen molar-refractivity contribution in [2.45, 2.75) is 70.3 Å². The molecule has 0 spiro atoms. The first-order valence-electron chi connectivity index (χ1n) is 16.9. The number of fused-ring (bicyclic) bond motifs is 1. The van der Waals surface area contributed by atoms with Crippen molar-refractivity contribution in [1.29, 1.82) is 0 Å². The van der Waals surface area contributed by atoms with Crippen LogP contribution in [0.5, 0.6) is 0 Å². The zero-order chi connectivity index (χ0) is 35.3. The maximum Gasteiger partial charge on any atom is 0.408 e. The number of nitrogens with one attached hydrogen (secondary N) is 2. The molecule has 9 nitrogen and oxygen atoms in total. The zero-order valence-electron chi connectivity index (χ0n) is 28.5. The van der Waals surface area contributed by atoms with Gasteiger partial charge in [-0.25, -0.2) is 14.2 Å². The number of aromatic nitrogens is 2. The Hall–Kier alpha value is -5.51. The Balaban J connectivity index is 1.28. The first-order chi connectivity index (χ1) is 24.0. The third-order valence-corrected chi connectivity index (χ3v) is 8.66. The standard InChI is InChI=1S/C40H42FN5O4/c1-40(2,3)50-39(49)44-35(21-27-14-17-32(41)18-15-27)38(48)46-25-34(20-29-13-16-30-11-7-8-12-31(30)19-29)43-37(47)36(46)22-33-24-45(26-42-33)23-28-9-5-4-6-10-28/h4-19,24,26,34-36H,20-23,25H2,1-3H3,(H,43,47)(H,44,49). The van der Waals surface area contributed by atoms with E-state index < -0.39 is 35.5 Å². The van der Waals surface area contributed by atoms with E-state index in [-0.39, 0.29) is 31.3 Å². The average Bonchev–Trinajstić information content (AvgIpc) is 3.52. The van der Waals surface area contributed by atoms with Gasteiger partial charge in [0.15, 0.2) is 0 Å². The van der Waals surface area contributed by atoms with Crippen molar-refractivity contribution >= 4 is 28.7 Å². The maximum atomic E-state index is 14.6. The van der Waals surface area contributed by atoms with Crippen LogP contribution >= 0.6 is 0 Å². The highest BCUT2D eigenvalue weighted by molar-refractivity contribution is 5.93. The number of halogens is 1. The van der Waals surface area contributed by atoms with Crippen LogP contribution in [0, 0.1) is 5.82 Å². The highest BCUT2D eigenvalue weighted by Gasteiger charge is 2.41. The average molecular weight is 676 g/mol. The van der Waals surface area contributed by atoms with Crippen LogP contribution in [0.3, 0.4) is 0 Å². The van der Waals surface area contributed by atoms with Gasteiger partial charge in [0.25, 0.3) is 0 Å². The number of carbonyl (C=O) groups excluding carboxylic acids is 3. The Morgan fingerprint density at radius 3 is 2.36 bits per heavy atom. The normalized spacial score (nSPS) is 16.9. The molecule has 6 rings (SSSR count). The van der Waals surface area contributed by atoms with Gasteiger partial charge in [-0.2, -0.15) is 0 Å². The summed E-state index contributed by atoms with van der Waals surface area (Å²) in [4.78, 5) is 47.8. The van der Waals surface area contributed by atoms with E-state index in [1.54, 1.807) is 44.1 Å². The van der Waals surface area contributed by atoms with Crippen LogP contribution in [0.2, 0.25) is 0 Å². The smallest absolute Gasteiger partial charge is 0.408 e. The monoisotopic (exact) mass is 675 g/mol. The van der Waals surface area contributed by atoms with Gasteiger partial charge < -0.3 is 24.8 Å². The lowest BCUT2D eigenvalue weighted by Gasteiger charge is -2.41. The fourth-order valence-electron chi connectivity index (χ4n) is 6.36. The number of ether oxygens (including phenoxy) is 1. The van der Waals surface area contributed by atoms with E-state index in [1.165, 1.54) is 12.1 Å². The van der Waals surface area contributed by atoms with Crippen molar-refractivity contribution in [2.24, 2.45) is 0 Å². The van der Waals surface area contributed by atoms with E-state index in [1.807, 2.05) is 71.4 Å². The van der Waals surface area contributed by atoms with Gasteiger partial charge in [0, 0.05) is 32.1 Å². The van der Waals surface area contributed by atoms with E-state index in [0.717, 1.165) is 21.9 Å². The molecule has 1 aliphatic rings. The third kappa shape index (κ3) is 8.93. The summed E-state index contributed by atoms with van der Waals surface area (Å²) in [5, 5.41) is 8.11. The lowest BCUT2D eigenvalue weighted by atomic mass is 9.96. The van der Waals surface area contributed by atoms with Crippen LogP contribution < -0.4 is 10.6 Å². The maximum absolute atomic E-state index is 14.6. The van der Waals surface area contributed by atoms with Crippen LogP contribution in [0.25, 0.3) is 10.8 Å². The molecule has 0 saturated carbocycles. The molecule has 50 heavy (non-hydrogen) atoms. The quantitative estimate of drug-likeness (QED) is 0.194. The Labute approximate surface area is 291 Å². The Morgan fingerprint density at radius 1 is 0.920 bits per heavy atom. The molecule has 1 aliphatic heterocycles. The van der Waals surface area contributed by atoms with Crippen molar-refractivity contribution < 1.29 is 23.5 Å². The van der Waals surface area contributed by atoms with E-state index in [0.29, 0.717) is 24.2 Å². The second kappa shape index (κ2) is 14.9. The van der Waals surface area contributed by atoms with Crippen molar-refractivity contribution in [3.8, 4) is 0 Å². The molecule has 4 aromatic carbocycles. The number of benzene rings is 4. The van der Waals surface area contributed by atoms with Gasteiger partial charge in [-0.05, 0) is 66.8 Å². The molecule has 0 aliphatic carbocycles. The highest BCUT2D eigenvalue weighted by Crippen LogP contribution is 2.22. The van der Waals surface area contributed by atoms with Crippen LogP contribution in [-0.2, 0) is 40.1 Å². The van der Waals surface area contributed by atoms with Crippen LogP contribution in [-0.4, -0.2) is 62.6 Å². The van der Waals surface area contributed by atoms with Crippen LogP contribution in [0.15, 0.2) is 110 Å².